The molecule has 2 N–H and O–H groups in total. The normalized spacial score (nSPS) is 11.9. The topological polar surface area (TPSA) is 86.3 Å². The Hall–Kier alpha value is -2.39. The quantitative estimate of drug-likeness (QED) is 0.304. The van der Waals surface area contributed by atoms with Crippen LogP contribution in [0.5, 0.6) is 11.5 Å². The number of benzene rings is 2. The van der Waals surface area contributed by atoms with Crippen LogP contribution in [0.3, 0.4) is 0 Å². The number of phenols is 1. The monoisotopic (exact) mass is 475 g/mol. The molecule has 2 rings (SSSR count). The highest BCUT2D eigenvalue weighted by Crippen LogP contribution is 2.33. The minimum absolute atomic E-state index is 0.242. The fourth-order valence-corrected chi connectivity index (χ4v) is 6.24. The van der Waals surface area contributed by atoms with Crippen LogP contribution < -0.4 is 10.1 Å². The molecule has 0 aromatic heterocycles. The Morgan fingerprint density at radius 3 is 1.85 bits per heavy atom. The molecule has 0 aliphatic rings. The van der Waals surface area contributed by atoms with Crippen LogP contribution in [0.1, 0.15) is 52.2 Å². The van der Waals surface area contributed by atoms with E-state index >= 15 is 0 Å². The zero-order valence-electron chi connectivity index (χ0n) is 20.3. The van der Waals surface area contributed by atoms with Gasteiger partial charge in [0.15, 0.2) is 0 Å². The van der Waals surface area contributed by atoms with Gasteiger partial charge in [-0.15, -0.1) is 0 Å². The number of hydrogen-bond acceptors (Lipinski definition) is 6. The van der Waals surface area contributed by atoms with Crippen LogP contribution in [0.4, 0.5) is 4.79 Å². The van der Waals surface area contributed by atoms with E-state index in [2.05, 4.69) is 19.2 Å². The molecule has 2 aromatic carbocycles. The first-order valence-corrected chi connectivity index (χ1v) is 13.5. The maximum absolute atomic E-state index is 12.2. The van der Waals surface area contributed by atoms with E-state index < -0.39 is 14.9 Å². The van der Waals surface area contributed by atoms with E-state index in [-0.39, 0.29) is 11.2 Å². The van der Waals surface area contributed by atoms with Crippen LogP contribution in [0.25, 0.3) is 0 Å². The molecule has 7 nitrogen and oxygen atoms in total. The third kappa shape index (κ3) is 7.85. The maximum atomic E-state index is 12.2. The van der Waals surface area contributed by atoms with Crippen molar-refractivity contribution in [3.63, 3.8) is 0 Å². The van der Waals surface area contributed by atoms with Gasteiger partial charge in [0.1, 0.15) is 11.5 Å². The van der Waals surface area contributed by atoms with Gasteiger partial charge in [-0.25, -0.2) is 4.79 Å². The Kier molecular flexibility index (Phi) is 10.4. The van der Waals surface area contributed by atoms with Crippen LogP contribution >= 0.6 is 0 Å². The van der Waals surface area contributed by atoms with Crippen LogP contribution in [0.15, 0.2) is 48.5 Å². The molecule has 0 aliphatic carbocycles. The number of ether oxygens (including phenoxy) is 1. The summed E-state index contributed by atoms with van der Waals surface area (Å²) in [6.07, 6.45) is 0.165. The zero-order chi connectivity index (χ0) is 24.3. The molecule has 0 unspecified atom stereocenters. The van der Waals surface area contributed by atoms with Gasteiger partial charge in [0.25, 0.3) is 0 Å². The number of rotatable bonds is 13. The van der Waals surface area contributed by atoms with E-state index in [0.29, 0.717) is 44.6 Å². The lowest BCUT2D eigenvalue weighted by Gasteiger charge is -2.28. The Morgan fingerprint density at radius 1 is 0.879 bits per heavy atom. The lowest BCUT2D eigenvalue weighted by Crippen LogP contribution is -2.46. The summed E-state index contributed by atoms with van der Waals surface area (Å²) in [4.78, 5) is 12.2. The second kappa shape index (κ2) is 12.7. The van der Waals surface area contributed by atoms with Crippen LogP contribution in [0, 0.1) is 0 Å². The van der Waals surface area contributed by atoms with Crippen LogP contribution in [-0.2, 0) is 18.7 Å². The van der Waals surface area contributed by atoms with E-state index in [1.54, 1.807) is 24.3 Å². The Bertz CT molecular complexity index is 837. The third-order valence-corrected chi connectivity index (χ3v) is 8.55. The van der Waals surface area contributed by atoms with Gasteiger partial charge in [0.05, 0.1) is 0 Å². The summed E-state index contributed by atoms with van der Waals surface area (Å²) in [5, 5.41) is 12.3. The van der Waals surface area contributed by atoms with Gasteiger partial charge in [-0.1, -0.05) is 38.1 Å². The van der Waals surface area contributed by atoms with Gasteiger partial charge in [0, 0.05) is 37.8 Å². The van der Waals surface area contributed by atoms with Crippen molar-refractivity contribution in [1.82, 2.24) is 5.32 Å². The fourth-order valence-electron chi connectivity index (χ4n) is 3.62. The fraction of sp³-hybridized carbons (Fsp3) is 0.480. The highest BCUT2D eigenvalue weighted by molar-refractivity contribution is 6.60. The Balaban J connectivity index is 1.87. The lowest BCUT2D eigenvalue weighted by atomic mass is 9.78. The van der Waals surface area contributed by atoms with E-state index in [1.165, 1.54) is 0 Å². The van der Waals surface area contributed by atoms with Crippen LogP contribution in [0.2, 0.25) is 6.04 Å². The second-order valence-corrected chi connectivity index (χ2v) is 10.8. The summed E-state index contributed by atoms with van der Waals surface area (Å²) in [5.74, 6) is 0.713. The molecule has 182 valence electrons. The number of amides is 1. The average Bonchev–Trinajstić information content (AvgIpc) is 2.78. The van der Waals surface area contributed by atoms with E-state index in [4.69, 9.17) is 18.0 Å². The molecular weight excluding hydrogens is 438 g/mol. The van der Waals surface area contributed by atoms with E-state index in [9.17, 15) is 9.90 Å². The summed E-state index contributed by atoms with van der Waals surface area (Å²) >= 11 is 0. The molecule has 0 saturated heterocycles. The number of aromatic hydroxyl groups is 1. The number of carbonyl (C=O) groups excluding carboxylic acids is 1. The molecule has 0 bridgehead atoms. The SMILES string of the molecule is CCO[Si](CCCNC(=O)Oc1ccc(C(C)(C)c2ccc(O)cc2)cc1)(OCC)OCC. The minimum Gasteiger partial charge on any atom is -0.508 e. The molecule has 0 spiro atoms. The van der Waals surface area contributed by atoms with Crippen molar-refractivity contribution >= 4 is 14.9 Å². The molecule has 0 saturated carbocycles. The maximum Gasteiger partial charge on any atom is 0.500 e. The molecule has 0 heterocycles. The van der Waals surface area contributed by atoms with E-state index in [1.807, 2.05) is 45.0 Å². The Morgan fingerprint density at radius 2 is 1.36 bits per heavy atom. The van der Waals surface area contributed by atoms with E-state index in [0.717, 1.165) is 11.1 Å². The third-order valence-electron chi connectivity index (χ3n) is 5.40. The van der Waals surface area contributed by atoms with Gasteiger partial charge in [-0.05, 0) is 62.6 Å². The predicted octanol–water partition coefficient (Wildman–Crippen LogP) is 5.25. The molecule has 2 aromatic rings. The van der Waals surface area contributed by atoms with Crippen molar-refractivity contribution in [2.24, 2.45) is 0 Å². The largest absolute Gasteiger partial charge is 0.508 e. The molecule has 0 aliphatic heterocycles. The highest BCUT2D eigenvalue weighted by Gasteiger charge is 2.39. The van der Waals surface area contributed by atoms with Gasteiger partial charge < -0.3 is 28.4 Å². The molecule has 0 atom stereocenters. The number of phenolic OH excluding ortho intramolecular Hbond substituents is 1. The van der Waals surface area contributed by atoms with Gasteiger partial charge in [0.2, 0.25) is 0 Å². The van der Waals surface area contributed by atoms with Gasteiger partial charge >= 0.3 is 14.9 Å². The first-order valence-electron chi connectivity index (χ1n) is 11.5. The summed E-state index contributed by atoms with van der Waals surface area (Å²) in [5.41, 5.74) is 1.90. The average molecular weight is 476 g/mol. The first kappa shape index (κ1) is 26.9. The van der Waals surface area contributed by atoms with Crippen molar-refractivity contribution < 1.29 is 27.9 Å². The molecule has 0 radical (unpaired) electrons. The Labute approximate surface area is 198 Å². The molecule has 8 heteroatoms. The van der Waals surface area contributed by atoms with Gasteiger partial charge in [-0.2, -0.15) is 0 Å². The predicted molar refractivity (Wildman–Crippen MR) is 131 cm³/mol. The zero-order valence-corrected chi connectivity index (χ0v) is 21.3. The number of nitrogens with one attached hydrogen (secondary N) is 1. The molecule has 0 fully saturated rings. The number of hydrogen-bond donors (Lipinski definition) is 2. The molecule has 33 heavy (non-hydrogen) atoms. The summed E-state index contributed by atoms with van der Waals surface area (Å²) in [6, 6.07) is 15.3. The molecule has 1 amide bonds. The first-order chi connectivity index (χ1) is 15.8. The van der Waals surface area contributed by atoms with Crippen molar-refractivity contribution in [1.29, 1.82) is 0 Å². The summed E-state index contributed by atoms with van der Waals surface area (Å²) in [7, 11) is -2.70. The smallest absolute Gasteiger partial charge is 0.500 e. The van der Waals surface area contributed by atoms with Gasteiger partial charge in [-0.3, -0.25) is 0 Å². The second-order valence-electron chi connectivity index (χ2n) is 8.10. The highest BCUT2D eigenvalue weighted by atomic mass is 28.4. The van der Waals surface area contributed by atoms with Crippen molar-refractivity contribution in [2.45, 2.75) is 52.5 Å². The minimum atomic E-state index is -2.70. The summed E-state index contributed by atoms with van der Waals surface area (Å²) < 4.78 is 22.9. The lowest BCUT2D eigenvalue weighted by molar-refractivity contribution is 0.0708. The van der Waals surface area contributed by atoms with Crippen LogP contribution in [-0.4, -0.2) is 46.4 Å². The van der Waals surface area contributed by atoms with Crippen molar-refractivity contribution in [3.8, 4) is 11.5 Å². The van der Waals surface area contributed by atoms with Crippen molar-refractivity contribution in [3.05, 3.63) is 59.7 Å². The van der Waals surface area contributed by atoms with Crippen molar-refractivity contribution in [2.75, 3.05) is 26.4 Å². The summed E-state index contributed by atoms with van der Waals surface area (Å²) in [6.45, 7) is 12.0. The standard InChI is InChI=1S/C25H37NO6Si/c1-6-29-33(30-7-2,31-8-3)19-9-18-26-24(28)32-23-16-12-21(13-17-23)25(4,5)20-10-14-22(27)15-11-20/h10-17,27H,6-9,18-19H2,1-5H3,(H,26,28). The number of carbonyl (C=O) groups is 1. The molecular formula is C25H37NO6Si.